The number of amides is 2. The van der Waals surface area contributed by atoms with Gasteiger partial charge in [0, 0.05) is 23.4 Å². The van der Waals surface area contributed by atoms with Gasteiger partial charge >= 0.3 is 5.97 Å². The van der Waals surface area contributed by atoms with Gasteiger partial charge in [-0.3, -0.25) is 9.59 Å². The third kappa shape index (κ3) is 4.34. The molecule has 158 valence electrons. The molecule has 1 saturated heterocycles. The van der Waals surface area contributed by atoms with E-state index < -0.39 is 5.97 Å². The van der Waals surface area contributed by atoms with E-state index in [0.29, 0.717) is 22.5 Å². The summed E-state index contributed by atoms with van der Waals surface area (Å²) >= 11 is 1.39. The normalized spacial score (nSPS) is 24.0. The topological polar surface area (TPSA) is 75.7 Å². The number of carbonyl (C=O) groups excluding carboxylic acids is 3. The van der Waals surface area contributed by atoms with Crippen molar-refractivity contribution in [2.45, 2.75) is 71.3 Å². The highest BCUT2D eigenvalue weighted by Gasteiger charge is 2.36. The number of carbonyl (C=O) groups is 3. The van der Waals surface area contributed by atoms with E-state index in [9.17, 15) is 14.4 Å². The number of thiophene rings is 1. The van der Waals surface area contributed by atoms with Gasteiger partial charge < -0.3 is 15.0 Å². The van der Waals surface area contributed by atoms with Crippen molar-refractivity contribution in [2.24, 2.45) is 11.8 Å². The lowest BCUT2D eigenvalue weighted by Crippen LogP contribution is -2.50. The maximum absolute atomic E-state index is 12.8. The minimum Gasteiger partial charge on any atom is -0.452 e. The fourth-order valence-corrected chi connectivity index (χ4v) is 5.79. The molecule has 0 radical (unpaired) electrons. The molecule has 1 aromatic heterocycles. The molecule has 2 heterocycles. The maximum atomic E-state index is 12.8. The zero-order chi connectivity index (χ0) is 20.5. The molecule has 3 aliphatic rings. The van der Waals surface area contributed by atoms with E-state index in [-0.39, 0.29) is 24.3 Å². The quantitative estimate of drug-likeness (QED) is 0.732. The summed E-state index contributed by atoms with van der Waals surface area (Å²) in [4.78, 5) is 40.7. The second kappa shape index (κ2) is 8.46. The Labute approximate surface area is 176 Å². The number of anilines is 1. The van der Waals surface area contributed by atoms with E-state index in [2.05, 4.69) is 5.32 Å². The van der Waals surface area contributed by atoms with Crippen LogP contribution < -0.4 is 5.32 Å². The van der Waals surface area contributed by atoms with Crippen molar-refractivity contribution in [2.75, 3.05) is 18.5 Å². The Morgan fingerprint density at radius 3 is 2.55 bits per heavy atom. The summed E-state index contributed by atoms with van der Waals surface area (Å²) in [6.45, 7) is 4.31. The number of rotatable bonds is 5. The Morgan fingerprint density at radius 2 is 1.79 bits per heavy atom. The summed E-state index contributed by atoms with van der Waals surface area (Å²) in [7, 11) is 0. The number of esters is 1. The summed E-state index contributed by atoms with van der Waals surface area (Å²) < 4.78 is 5.44. The molecule has 3 fully saturated rings. The predicted octanol–water partition coefficient (Wildman–Crippen LogP) is 4.05. The average molecular weight is 419 g/mol. The van der Waals surface area contributed by atoms with Crippen molar-refractivity contribution >= 4 is 34.1 Å². The zero-order valence-corrected chi connectivity index (χ0v) is 18.1. The summed E-state index contributed by atoms with van der Waals surface area (Å²) in [5.74, 6) is 0.00788. The van der Waals surface area contributed by atoms with Gasteiger partial charge in [-0.1, -0.05) is 12.8 Å². The first-order chi connectivity index (χ1) is 14.0. The molecule has 2 aliphatic carbocycles. The number of ether oxygens (including phenoxy) is 1. The monoisotopic (exact) mass is 418 g/mol. The van der Waals surface area contributed by atoms with Crippen LogP contribution in [0.15, 0.2) is 0 Å². The SMILES string of the molecule is Cc1sc(NC(=O)C2CC2)c(C(=O)OCC(=O)N2CCC[C@H]3CCCC[C@@H]32)c1C. The first-order valence-electron chi connectivity index (χ1n) is 10.8. The first-order valence-corrected chi connectivity index (χ1v) is 11.6. The lowest BCUT2D eigenvalue weighted by Gasteiger charge is -2.44. The van der Waals surface area contributed by atoms with Gasteiger partial charge in [0.1, 0.15) is 5.00 Å². The van der Waals surface area contributed by atoms with E-state index >= 15 is 0 Å². The average Bonchev–Trinajstić information content (AvgIpc) is 3.53. The third-order valence-corrected chi connectivity index (χ3v) is 7.79. The highest BCUT2D eigenvalue weighted by molar-refractivity contribution is 7.16. The molecule has 4 rings (SSSR count). The second-order valence-corrected chi connectivity index (χ2v) is 9.89. The number of hydrogen-bond acceptors (Lipinski definition) is 5. The number of nitrogens with one attached hydrogen (secondary N) is 1. The Balaban J connectivity index is 1.40. The van der Waals surface area contributed by atoms with Crippen molar-refractivity contribution in [3.63, 3.8) is 0 Å². The van der Waals surface area contributed by atoms with Crippen LogP contribution in [0.4, 0.5) is 5.00 Å². The minimum absolute atomic E-state index is 0.0342. The summed E-state index contributed by atoms with van der Waals surface area (Å²) in [5.41, 5.74) is 1.20. The smallest absolute Gasteiger partial charge is 0.341 e. The number of nitrogens with zero attached hydrogens (tertiary/aromatic N) is 1. The molecule has 2 atom stereocenters. The molecule has 0 aromatic carbocycles. The molecule has 6 nitrogen and oxygen atoms in total. The van der Waals surface area contributed by atoms with Gasteiger partial charge in [0.15, 0.2) is 6.61 Å². The molecule has 29 heavy (non-hydrogen) atoms. The largest absolute Gasteiger partial charge is 0.452 e. The van der Waals surface area contributed by atoms with E-state index in [0.717, 1.165) is 42.7 Å². The maximum Gasteiger partial charge on any atom is 0.341 e. The van der Waals surface area contributed by atoms with E-state index in [1.54, 1.807) is 0 Å². The summed E-state index contributed by atoms with van der Waals surface area (Å²) in [6, 6.07) is 0.308. The van der Waals surface area contributed by atoms with Gasteiger partial charge in [-0.2, -0.15) is 0 Å². The summed E-state index contributed by atoms with van der Waals surface area (Å²) in [6.07, 6.45) is 8.72. The van der Waals surface area contributed by atoms with Crippen LogP contribution in [-0.4, -0.2) is 41.9 Å². The Morgan fingerprint density at radius 1 is 1.07 bits per heavy atom. The molecule has 0 spiro atoms. The second-order valence-electron chi connectivity index (χ2n) is 8.67. The fourth-order valence-electron chi connectivity index (χ4n) is 4.74. The molecule has 0 bridgehead atoms. The van der Waals surface area contributed by atoms with Gasteiger partial charge in [-0.25, -0.2) is 4.79 Å². The number of piperidine rings is 1. The highest BCUT2D eigenvalue weighted by atomic mass is 32.1. The number of likely N-dealkylation sites (tertiary alicyclic amines) is 1. The van der Waals surface area contributed by atoms with Crippen molar-refractivity contribution < 1.29 is 19.1 Å². The van der Waals surface area contributed by atoms with Crippen LogP contribution in [0.3, 0.4) is 0 Å². The van der Waals surface area contributed by atoms with Crippen molar-refractivity contribution in [3.8, 4) is 0 Å². The van der Waals surface area contributed by atoms with Gasteiger partial charge in [0.25, 0.3) is 5.91 Å². The van der Waals surface area contributed by atoms with Crippen LogP contribution in [0.5, 0.6) is 0 Å². The molecular formula is C22H30N2O4S. The molecule has 2 saturated carbocycles. The lowest BCUT2D eigenvalue weighted by atomic mass is 9.78. The third-order valence-electron chi connectivity index (χ3n) is 6.66. The molecule has 2 amide bonds. The van der Waals surface area contributed by atoms with Crippen molar-refractivity contribution in [1.29, 1.82) is 0 Å². The van der Waals surface area contributed by atoms with Crippen molar-refractivity contribution in [1.82, 2.24) is 4.90 Å². The molecule has 0 unspecified atom stereocenters. The van der Waals surface area contributed by atoms with E-state index in [4.69, 9.17) is 4.74 Å². The molecule has 1 N–H and O–H groups in total. The summed E-state index contributed by atoms with van der Waals surface area (Å²) in [5, 5.41) is 3.43. The van der Waals surface area contributed by atoms with Crippen LogP contribution in [0.25, 0.3) is 0 Å². The molecule has 7 heteroatoms. The van der Waals surface area contributed by atoms with Gasteiger partial charge in [-0.05, 0) is 63.9 Å². The Hall–Kier alpha value is -1.89. The number of aryl methyl sites for hydroxylation is 1. The Bertz CT molecular complexity index is 812. The number of hydrogen-bond donors (Lipinski definition) is 1. The van der Waals surface area contributed by atoms with Gasteiger partial charge in [0.2, 0.25) is 5.91 Å². The Kier molecular flexibility index (Phi) is 5.95. The first kappa shape index (κ1) is 20.4. The minimum atomic E-state index is -0.525. The molecule has 1 aromatic rings. The van der Waals surface area contributed by atoms with Crippen LogP contribution in [-0.2, 0) is 14.3 Å². The van der Waals surface area contributed by atoms with Crippen LogP contribution in [0.1, 0.15) is 72.2 Å². The van der Waals surface area contributed by atoms with E-state index in [1.807, 2.05) is 18.7 Å². The van der Waals surface area contributed by atoms with Crippen LogP contribution >= 0.6 is 11.3 Å². The predicted molar refractivity (Wildman–Crippen MR) is 112 cm³/mol. The van der Waals surface area contributed by atoms with Gasteiger partial charge in [0.05, 0.1) is 5.56 Å². The zero-order valence-electron chi connectivity index (χ0n) is 17.3. The molecular weight excluding hydrogens is 388 g/mol. The lowest BCUT2D eigenvalue weighted by molar-refractivity contribution is -0.140. The standard InChI is InChI=1S/C22H30N2O4S/c1-13-14(2)29-21(23-20(26)16-9-10-16)19(13)22(27)28-12-18(25)24-11-5-7-15-6-3-4-8-17(15)24/h15-17H,3-12H2,1-2H3,(H,23,26)/t15-,17+/m1/s1. The van der Waals surface area contributed by atoms with Gasteiger partial charge in [-0.15, -0.1) is 11.3 Å². The van der Waals surface area contributed by atoms with Crippen LogP contribution in [0, 0.1) is 25.7 Å². The molecule has 1 aliphatic heterocycles. The van der Waals surface area contributed by atoms with Crippen LogP contribution in [0.2, 0.25) is 0 Å². The number of fused-ring (bicyclic) bond motifs is 1. The fraction of sp³-hybridized carbons (Fsp3) is 0.682. The van der Waals surface area contributed by atoms with Crippen molar-refractivity contribution in [3.05, 3.63) is 16.0 Å². The highest BCUT2D eigenvalue weighted by Crippen LogP contribution is 2.37. The van der Waals surface area contributed by atoms with E-state index in [1.165, 1.54) is 37.0 Å².